The molecule has 2 aromatic rings. The van der Waals surface area contributed by atoms with Gasteiger partial charge in [0.25, 0.3) is 11.6 Å². The Morgan fingerprint density at radius 1 is 1.13 bits per heavy atom. The lowest BCUT2D eigenvalue weighted by Crippen LogP contribution is -2.31. The number of carbonyl (C=O) groups is 2. The van der Waals surface area contributed by atoms with E-state index in [1.165, 1.54) is 18.1 Å². The minimum atomic E-state index is -0.997. The summed E-state index contributed by atoms with van der Waals surface area (Å²) < 4.78 is 15.5. The van der Waals surface area contributed by atoms with E-state index in [0.29, 0.717) is 6.54 Å². The van der Waals surface area contributed by atoms with Crippen LogP contribution in [-0.4, -0.2) is 49.1 Å². The van der Waals surface area contributed by atoms with Crippen LogP contribution in [0.5, 0.6) is 11.5 Å². The van der Waals surface area contributed by atoms with E-state index < -0.39 is 29.1 Å². The molecular formula is C22H26N2O7. The summed E-state index contributed by atoms with van der Waals surface area (Å²) in [5, 5.41) is 11.4. The zero-order chi connectivity index (χ0) is 23.1. The molecule has 0 bridgehead atoms. The van der Waals surface area contributed by atoms with Crippen LogP contribution in [0.15, 0.2) is 30.3 Å². The largest absolute Gasteiger partial charge is 0.493 e. The van der Waals surface area contributed by atoms with Crippen molar-refractivity contribution in [1.82, 2.24) is 4.90 Å². The van der Waals surface area contributed by atoms with Crippen LogP contribution in [0.25, 0.3) is 0 Å². The highest BCUT2D eigenvalue weighted by Crippen LogP contribution is 2.35. The number of methoxy groups -OCH3 is 1. The Hall–Kier alpha value is -3.62. The number of rotatable bonds is 9. The lowest BCUT2D eigenvalue weighted by Gasteiger charge is -2.19. The highest BCUT2D eigenvalue weighted by Gasteiger charge is 2.26. The number of nitro benzene ring substituents is 1. The van der Waals surface area contributed by atoms with Crippen molar-refractivity contribution >= 4 is 17.6 Å². The number of benzene rings is 2. The zero-order valence-electron chi connectivity index (χ0n) is 18.3. The predicted molar refractivity (Wildman–Crippen MR) is 113 cm³/mol. The van der Waals surface area contributed by atoms with E-state index in [4.69, 9.17) is 14.2 Å². The van der Waals surface area contributed by atoms with Crippen LogP contribution in [0.3, 0.4) is 0 Å². The minimum absolute atomic E-state index is 0.120. The SMILES string of the molecule is CCOc1cc(C(=O)OCC(=O)N(C)Cc2ccc(C)cc2C)c([N+](=O)[O-])cc1OC. The number of aryl methyl sites for hydroxylation is 2. The lowest BCUT2D eigenvalue weighted by atomic mass is 10.1. The summed E-state index contributed by atoms with van der Waals surface area (Å²) in [6, 6.07) is 8.20. The molecule has 9 nitrogen and oxygen atoms in total. The normalized spacial score (nSPS) is 10.4. The topological polar surface area (TPSA) is 108 Å². The second kappa shape index (κ2) is 10.4. The van der Waals surface area contributed by atoms with E-state index in [-0.39, 0.29) is 23.7 Å². The molecule has 0 saturated heterocycles. The molecule has 0 atom stereocenters. The summed E-state index contributed by atoms with van der Waals surface area (Å²) in [4.78, 5) is 37.0. The van der Waals surface area contributed by atoms with Gasteiger partial charge < -0.3 is 19.1 Å². The molecule has 2 aromatic carbocycles. The van der Waals surface area contributed by atoms with Gasteiger partial charge in [0.15, 0.2) is 18.1 Å². The number of esters is 1. The lowest BCUT2D eigenvalue weighted by molar-refractivity contribution is -0.385. The highest BCUT2D eigenvalue weighted by atomic mass is 16.6. The quantitative estimate of drug-likeness (QED) is 0.341. The molecule has 0 radical (unpaired) electrons. The van der Waals surface area contributed by atoms with Gasteiger partial charge in [0.2, 0.25) is 0 Å². The third-order valence-electron chi connectivity index (χ3n) is 4.66. The number of nitro groups is 1. The molecule has 9 heteroatoms. The number of likely N-dealkylation sites (N-methyl/N-ethyl adjacent to an activating group) is 1. The van der Waals surface area contributed by atoms with Gasteiger partial charge in [-0.1, -0.05) is 23.8 Å². The van der Waals surface area contributed by atoms with E-state index >= 15 is 0 Å². The molecule has 0 unspecified atom stereocenters. The van der Waals surface area contributed by atoms with Crippen molar-refractivity contribution in [3.63, 3.8) is 0 Å². The Morgan fingerprint density at radius 2 is 1.84 bits per heavy atom. The third kappa shape index (κ3) is 5.94. The van der Waals surface area contributed by atoms with Crippen molar-refractivity contribution in [3.8, 4) is 11.5 Å². The van der Waals surface area contributed by atoms with Gasteiger partial charge in [0, 0.05) is 19.7 Å². The molecule has 1 amide bonds. The van der Waals surface area contributed by atoms with Gasteiger partial charge in [0.1, 0.15) is 5.56 Å². The third-order valence-corrected chi connectivity index (χ3v) is 4.66. The molecule has 0 aliphatic heterocycles. The molecule has 0 fully saturated rings. The summed E-state index contributed by atoms with van der Waals surface area (Å²) in [5.41, 5.74) is 2.33. The van der Waals surface area contributed by atoms with Crippen LogP contribution in [-0.2, 0) is 16.1 Å². The number of hydrogen-bond acceptors (Lipinski definition) is 7. The van der Waals surface area contributed by atoms with Gasteiger partial charge in [-0.05, 0) is 31.9 Å². The summed E-state index contributed by atoms with van der Waals surface area (Å²) in [7, 11) is 2.93. The van der Waals surface area contributed by atoms with Gasteiger partial charge in [-0.2, -0.15) is 0 Å². The Bertz CT molecular complexity index is 988. The standard InChI is InChI=1S/C22H26N2O7/c1-6-30-20-10-17(18(24(27)28)11-19(20)29-5)22(26)31-13-21(25)23(4)12-16-8-7-14(2)9-15(16)3/h7-11H,6,12-13H2,1-5H3. The minimum Gasteiger partial charge on any atom is -0.493 e. The fraction of sp³-hybridized carbons (Fsp3) is 0.364. The predicted octanol–water partition coefficient (Wildman–Crippen LogP) is 3.43. The molecule has 0 aliphatic rings. The summed E-state index contributed by atoms with van der Waals surface area (Å²) >= 11 is 0. The summed E-state index contributed by atoms with van der Waals surface area (Å²) in [6.07, 6.45) is 0. The Morgan fingerprint density at radius 3 is 2.42 bits per heavy atom. The fourth-order valence-electron chi connectivity index (χ4n) is 2.97. The number of hydrogen-bond donors (Lipinski definition) is 0. The Balaban J connectivity index is 2.12. The first-order valence-corrected chi connectivity index (χ1v) is 9.64. The second-order valence-electron chi connectivity index (χ2n) is 6.97. The van der Waals surface area contributed by atoms with Crippen LogP contribution in [0.4, 0.5) is 5.69 Å². The maximum absolute atomic E-state index is 12.5. The van der Waals surface area contributed by atoms with Crippen LogP contribution < -0.4 is 9.47 Å². The van der Waals surface area contributed by atoms with Gasteiger partial charge in [-0.25, -0.2) is 4.79 Å². The first-order valence-electron chi connectivity index (χ1n) is 9.64. The first-order chi connectivity index (χ1) is 14.7. The van der Waals surface area contributed by atoms with Crippen molar-refractivity contribution in [2.75, 3.05) is 27.4 Å². The zero-order valence-corrected chi connectivity index (χ0v) is 18.3. The van der Waals surface area contributed by atoms with E-state index in [1.54, 1.807) is 14.0 Å². The van der Waals surface area contributed by atoms with Crippen molar-refractivity contribution in [2.24, 2.45) is 0 Å². The van der Waals surface area contributed by atoms with E-state index in [2.05, 4.69) is 0 Å². The van der Waals surface area contributed by atoms with Crippen molar-refractivity contribution in [2.45, 2.75) is 27.3 Å². The number of nitrogens with zero attached hydrogens (tertiary/aromatic N) is 2. The molecule has 0 heterocycles. The van der Waals surface area contributed by atoms with Gasteiger partial charge in [-0.3, -0.25) is 14.9 Å². The average molecular weight is 430 g/mol. The molecule has 0 N–H and O–H groups in total. The van der Waals surface area contributed by atoms with E-state index in [9.17, 15) is 19.7 Å². The molecule has 31 heavy (non-hydrogen) atoms. The van der Waals surface area contributed by atoms with Gasteiger partial charge in [-0.15, -0.1) is 0 Å². The monoisotopic (exact) mass is 430 g/mol. The second-order valence-corrected chi connectivity index (χ2v) is 6.97. The summed E-state index contributed by atoms with van der Waals surface area (Å²) in [6.45, 7) is 5.74. The first kappa shape index (κ1) is 23.7. The molecule has 0 saturated carbocycles. The van der Waals surface area contributed by atoms with Crippen LogP contribution >= 0.6 is 0 Å². The molecule has 166 valence electrons. The van der Waals surface area contributed by atoms with Gasteiger partial charge in [0.05, 0.1) is 24.7 Å². The van der Waals surface area contributed by atoms with E-state index in [1.807, 2.05) is 32.0 Å². The maximum atomic E-state index is 12.5. The maximum Gasteiger partial charge on any atom is 0.345 e. The van der Waals surface area contributed by atoms with Crippen LogP contribution in [0.2, 0.25) is 0 Å². The van der Waals surface area contributed by atoms with Crippen LogP contribution in [0.1, 0.15) is 34.0 Å². The highest BCUT2D eigenvalue weighted by molar-refractivity contribution is 5.96. The van der Waals surface area contributed by atoms with Crippen molar-refractivity contribution in [3.05, 3.63) is 62.7 Å². The van der Waals surface area contributed by atoms with Gasteiger partial charge >= 0.3 is 5.97 Å². The average Bonchev–Trinajstić information content (AvgIpc) is 2.73. The molecule has 2 rings (SSSR count). The van der Waals surface area contributed by atoms with E-state index in [0.717, 1.165) is 22.8 Å². The molecule has 0 aromatic heterocycles. The van der Waals surface area contributed by atoms with Crippen molar-refractivity contribution in [1.29, 1.82) is 0 Å². The molecule has 0 aliphatic carbocycles. The Labute approximate surface area is 180 Å². The number of ether oxygens (including phenoxy) is 3. The van der Waals surface area contributed by atoms with Crippen molar-refractivity contribution < 1.29 is 28.7 Å². The Kier molecular flexibility index (Phi) is 7.95. The summed E-state index contributed by atoms with van der Waals surface area (Å²) in [5.74, 6) is -1.15. The molecule has 0 spiro atoms. The number of amides is 1. The smallest absolute Gasteiger partial charge is 0.345 e. The van der Waals surface area contributed by atoms with Crippen LogP contribution in [0, 0.1) is 24.0 Å². The fourth-order valence-corrected chi connectivity index (χ4v) is 2.97. The molecular weight excluding hydrogens is 404 g/mol. The number of carbonyl (C=O) groups excluding carboxylic acids is 2.